The maximum absolute atomic E-state index is 12.2. The van der Waals surface area contributed by atoms with E-state index in [1.807, 2.05) is 6.07 Å². The summed E-state index contributed by atoms with van der Waals surface area (Å²) in [6.07, 6.45) is 3.20. The van der Waals surface area contributed by atoms with E-state index >= 15 is 0 Å². The molecule has 0 aliphatic carbocycles. The first-order valence-electron chi connectivity index (χ1n) is 9.12. The molecule has 5 heteroatoms. The maximum atomic E-state index is 12.2. The normalized spacial score (nSPS) is 14.3. The summed E-state index contributed by atoms with van der Waals surface area (Å²) < 4.78 is 10.6. The molecule has 0 fully saturated rings. The number of esters is 2. The molecule has 2 atom stereocenters. The average molecular weight is 354 g/mol. The highest BCUT2D eigenvalue weighted by Gasteiger charge is 2.32. The predicted molar refractivity (Wildman–Crippen MR) is 97.6 cm³/mol. The van der Waals surface area contributed by atoms with Gasteiger partial charge in [-0.1, -0.05) is 34.1 Å². The molecule has 25 heavy (non-hydrogen) atoms. The minimum absolute atomic E-state index is 0.112. The first-order chi connectivity index (χ1) is 11.4. The lowest BCUT2D eigenvalue weighted by molar-refractivity contribution is -0.169. The van der Waals surface area contributed by atoms with Crippen LogP contribution in [0, 0.1) is 28.6 Å². The minimum atomic E-state index is -1.02. The lowest BCUT2D eigenvalue weighted by atomic mass is 9.86. The van der Waals surface area contributed by atoms with E-state index in [1.165, 1.54) is 0 Å². The standard InChI is InChI=1S/C20H35NO4/c1-15(10-12-19(2,3)4)11-14-24-17(22)16(9-8-13-21)18(23)25-20(5,6)7/h15-16H,8-12,14H2,1-7H3. The van der Waals surface area contributed by atoms with Gasteiger partial charge in [0.05, 0.1) is 12.7 Å². The van der Waals surface area contributed by atoms with Gasteiger partial charge in [-0.25, -0.2) is 0 Å². The van der Waals surface area contributed by atoms with E-state index in [0.29, 0.717) is 11.3 Å². The highest BCUT2D eigenvalue weighted by atomic mass is 16.6. The molecule has 0 spiro atoms. The van der Waals surface area contributed by atoms with Crippen molar-refractivity contribution >= 4 is 11.9 Å². The van der Waals surface area contributed by atoms with Gasteiger partial charge < -0.3 is 9.47 Å². The van der Waals surface area contributed by atoms with Crippen molar-refractivity contribution in [3.05, 3.63) is 0 Å². The van der Waals surface area contributed by atoms with Crippen LogP contribution in [0.5, 0.6) is 0 Å². The largest absolute Gasteiger partial charge is 0.465 e. The lowest BCUT2D eigenvalue weighted by Crippen LogP contribution is -2.34. The number of carbonyl (C=O) groups excluding carboxylic acids is 2. The van der Waals surface area contributed by atoms with Crippen molar-refractivity contribution < 1.29 is 19.1 Å². The second-order valence-electron chi connectivity index (χ2n) is 8.94. The predicted octanol–water partition coefficient (Wildman–Crippen LogP) is 4.64. The molecule has 0 saturated heterocycles. The van der Waals surface area contributed by atoms with Crippen LogP contribution in [0.2, 0.25) is 0 Å². The third-order valence-corrected chi connectivity index (χ3v) is 3.76. The van der Waals surface area contributed by atoms with Gasteiger partial charge in [0.15, 0.2) is 5.92 Å². The van der Waals surface area contributed by atoms with E-state index in [4.69, 9.17) is 14.7 Å². The molecule has 0 aliphatic rings. The van der Waals surface area contributed by atoms with Crippen LogP contribution < -0.4 is 0 Å². The molecular weight excluding hydrogens is 318 g/mol. The molecule has 0 radical (unpaired) electrons. The molecular formula is C20H35NO4. The van der Waals surface area contributed by atoms with Gasteiger partial charge in [-0.15, -0.1) is 0 Å². The number of carbonyl (C=O) groups is 2. The highest BCUT2D eigenvalue weighted by Crippen LogP contribution is 2.25. The summed E-state index contributed by atoms with van der Waals surface area (Å²) in [6, 6.07) is 1.96. The van der Waals surface area contributed by atoms with E-state index in [0.717, 1.165) is 19.3 Å². The van der Waals surface area contributed by atoms with Crippen LogP contribution in [0.1, 0.15) is 80.6 Å². The van der Waals surface area contributed by atoms with Crippen molar-refractivity contribution in [1.82, 2.24) is 0 Å². The molecule has 5 nitrogen and oxygen atoms in total. The minimum Gasteiger partial charge on any atom is -0.465 e. The smallest absolute Gasteiger partial charge is 0.320 e. The van der Waals surface area contributed by atoms with Crippen LogP contribution in [-0.4, -0.2) is 24.1 Å². The lowest BCUT2D eigenvalue weighted by Gasteiger charge is -2.23. The van der Waals surface area contributed by atoms with E-state index < -0.39 is 23.5 Å². The molecule has 2 unspecified atom stereocenters. The molecule has 144 valence electrons. The number of ether oxygens (including phenoxy) is 2. The van der Waals surface area contributed by atoms with Gasteiger partial charge >= 0.3 is 11.9 Å². The number of hydrogen-bond acceptors (Lipinski definition) is 5. The summed E-state index contributed by atoms with van der Waals surface area (Å²) in [6.45, 7) is 14.3. The van der Waals surface area contributed by atoms with Crippen molar-refractivity contribution in [2.45, 2.75) is 86.2 Å². The van der Waals surface area contributed by atoms with Crippen molar-refractivity contribution in [2.75, 3.05) is 6.61 Å². The summed E-state index contributed by atoms with van der Waals surface area (Å²) >= 11 is 0. The topological polar surface area (TPSA) is 76.4 Å². The molecule has 0 aliphatic heterocycles. The van der Waals surface area contributed by atoms with E-state index in [1.54, 1.807) is 20.8 Å². The molecule has 0 bridgehead atoms. The monoisotopic (exact) mass is 353 g/mol. The summed E-state index contributed by atoms with van der Waals surface area (Å²) in [7, 11) is 0. The van der Waals surface area contributed by atoms with Gasteiger partial charge in [-0.3, -0.25) is 9.59 Å². The van der Waals surface area contributed by atoms with Gasteiger partial charge in [-0.2, -0.15) is 5.26 Å². The first kappa shape index (κ1) is 23.4. The molecule has 0 rings (SSSR count). The van der Waals surface area contributed by atoms with Crippen molar-refractivity contribution in [2.24, 2.45) is 17.3 Å². The van der Waals surface area contributed by atoms with Crippen molar-refractivity contribution in [3.63, 3.8) is 0 Å². The van der Waals surface area contributed by atoms with Crippen LogP contribution in [0.4, 0.5) is 0 Å². The zero-order valence-electron chi connectivity index (χ0n) is 17.0. The SMILES string of the molecule is CC(CCOC(=O)C(CCC#N)C(=O)OC(C)(C)C)CCC(C)(C)C. The average Bonchev–Trinajstić information content (AvgIpc) is 2.43. The molecule has 0 N–H and O–H groups in total. The second-order valence-corrected chi connectivity index (χ2v) is 8.94. The Labute approximate surface area is 153 Å². The summed E-state index contributed by atoms with van der Waals surface area (Å²) in [5.74, 6) is -1.78. The van der Waals surface area contributed by atoms with Gasteiger partial charge in [0, 0.05) is 6.42 Å². The molecule has 0 aromatic heterocycles. The molecule has 0 amide bonds. The number of nitrogens with zero attached hydrogens (tertiary/aromatic N) is 1. The van der Waals surface area contributed by atoms with Gasteiger partial charge in [-0.05, 0) is 51.4 Å². The van der Waals surface area contributed by atoms with Crippen LogP contribution in [0.25, 0.3) is 0 Å². The summed E-state index contributed by atoms with van der Waals surface area (Å²) in [5.41, 5.74) is -0.381. The van der Waals surface area contributed by atoms with E-state index in [-0.39, 0.29) is 19.4 Å². The fourth-order valence-corrected chi connectivity index (χ4v) is 2.20. The Balaban J connectivity index is 4.48. The number of rotatable bonds is 9. The molecule has 0 aromatic rings. The Morgan fingerprint density at radius 1 is 1.00 bits per heavy atom. The van der Waals surface area contributed by atoms with Gasteiger partial charge in [0.1, 0.15) is 5.60 Å². The van der Waals surface area contributed by atoms with Crippen LogP contribution in [-0.2, 0) is 19.1 Å². The van der Waals surface area contributed by atoms with E-state index in [2.05, 4.69) is 27.7 Å². The van der Waals surface area contributed by atoms with Gasteiger partial charge in [0.2, 0.25) is 0 Å². The third-order valence-electron chi connectivity index (χ3n) is 3.76. The Morgan fingerprint density at radius 2 is 1.60 bits per heavy atom. The maximum Gasteiger partial charge on any atom is 0.320 e. The molecule has 0 aromatic carbocycles. The first-order valence-corrected chi connectivity index (χ1v) is 9.12. The number of nitriles is 1. The van der Waals surface area contributed by atoms with Crippen molar-refractivity contribution in [1.29, 1.82) is 5.26 Å². The fourth-order valence-electron chi connectivity index (χ4n) is 2.20. The molecule has 0 saturated carbocycles. The Bertz CT molecular complexity index is 466. The van der Waals surface area contributed by atoms with E-state index in [9.17, 15) is 9.59 Å². The highest BCUT2D eigenvalue weighted by molar-refractivity contribution is 5.95. The van der Waals surface area contributed by atoms with Crippen molar-refractivity contribution in [3.8, 4) is 6.07 Å². The van der Waals surface area contributed by atoms with Crippen LogP contribution >= 0.6 is 0 Å². The Kier molecular flexibility index (Phi) is 9.77. The third kappa shape index (κ3) is 12.4. The van der Waals surface area contributed by atoms with Crippen LogP contribution in [0.15, 0.2) is 0 Å². The van der Waals surface area contributed by atoms with Crippen LogP contribution in [0.3, 0.4) is 0 Å². The Morgan fingerprint density at radius 3 is 2.08 bits per heavy atom. The van der Waals surface area contributed by atoms with Gasteiger partial charge in [0.25, 0.3) is 0 Å². The zero-order valence-corrected chi connectivity index (χ0v) is 17.0. The Hall–Kier alpha value is -1.57. The zero-order chi connectivity index (χ0) is 19.7. The quantitative estimate of drug-likeness (QED) is 0.445. The summed E-state index contributed by atoms with van der Waals surface area (Å²) in [4.78, 5) is 24.4. The molecule has 0 heterocycles. The second kappa shape index (κ2) is 10.4. The number of hydrogen-bond donors (Lipinski definition) is 0. The fraction of sp³-hybridized carbons (Fsp3) is 0.850. The summed E-state index contributed by atoms with van der Waals surface area (Å²) in [5, 5.41) is 8.73.